The van der Waals surface area contributed by atoms with Gasteiger partial charge >= 0.3 is 12.1 Å². The van der Waals surface area contributed by atoms with Crippen LogP contribution in [0.5, 0.6) is 0 Å². The van der Waals surface area contributed by atoms with Crippen molar-refractivity contribution < 1.29 is 23.9 Å². The van der Waals surface area contributed by atoms with Gasteiger partial charge in [0.2, 0.25) is 5.91 Å². The fourth-order valence-corrected chi connectivity index (χ4v) is 1.68. The van der Waals surface area contributed by atoms with Crippen molar-refractivity contribution >= 4 is 18.0 Å². The second-order valence-electron chi connectivity index (χ2n) is 7.60. The maximum Gasteiger partial charge on any atom is 0.410 e. The number of likely N-dealkylation sites (N-methyl/N-ethyl adjacent to an activating group) is 1. The van der Waals surface area contributed by atoms with Gasteiger partial charge in [0, 0.05) is 7.05 Å². The maximum atomic E-state index is 12.4. The van der Waals surface area contributed by atoms with Gasteiger partial charge in [0.25, 0.3) is 0 Å². The van der Waals surface area contributed by atoms with Gasteiger partial charge < -0.3 is 14.8 Å². The topological polar surface area (TPSA) is 84.9 Å². The second-order valence-corrected chi connectivity index (χ2v) is 7.60. The van der Waals surface area contributed by atoms with Crippen molar-refractivity contribution in [2.75, 3.05) is 14.2 Å². The molecule has 0 aliphatic carbocycles. The average molecular weight is 330 g/mol. The van der Waals surface area contributed by atoms with E-state index in [4.69, 9.17) is 9.47 Å². The van der Waals surface area contributed by atoms with Gasteiger partial charge in [-0.15, -0.1) is 0 Å². The largest absolute Gasteiger partial charge is 0.467 e. The number of nitrogens with zero attached hydrogens (tertiary/aromatic N) is 1. The first-order valence-corrected chi connectivity index (χ1v) is 7.54. The molecule has 134 valence electrons. The molecule has 7 heteroatoms. The molecule has 1 unspecified atom stereocenters. The van der Waals surface area contributed by atoms with Crippen LogP contribution in [-0.2, 0) is 19.1 Å². The number of hydrogen-bond donors (Lipinski definition) is 1. The van der Waals surface area contributed by atoms with Gasteiger partial charge in [-0.2, -0.15) is 0 Å². The van der Waals surface area contributed by atoms with Crippen molar-refractivity contribution in [1.82, 2.24) is 10.2 Å². The molecule has 0 aliphatic rings. The molecule has 0 aromatic rings. The number of carbonyl (C=O) groups is 3. The zero-order valence-corrected chi connectivity index (χ0v) is 15.6. The van der Waals surface area contributed by atoms with E-state index in [1.165, 1.54) is 19.1 Å². The minimum absolute atomic E-state index is 0.455. The molecule has 0 rings (SSSR count). The highest BCUT2D eigenvalue weighted by molar-refractivity contribution is 5.89. The van der Waals surface area contributed by atoms with E-state index in [9.17, 15) is 14.4 Å². The zero-order chi connectivity index (χ0) is 18.6. The van der Waals surface area contributed by atoms with Crippen molar-refractivity contribution in [3.05, 3.63) is 0 Å². The number of rotatable bonds is 4. The summed E-state index contributed by atoms with van der Waals surface area (Å²) in [6, 6.07) is -1.60. The van der Waals surface area contributed by atoms with Gasteiger partial charge in [-0.3, -0.25) is 9.69 Å². The van der Waals surface area contributed by atoms with Crippen molar-refractivity contribution in [2.24, 2.45) is 5.41 Å². The van der Waals surface area contributed by atoms with E-state index in [-0.39, 0.29) is 0 Å². The Morgan fingerprint density at radius 2 is 1.52 bits per heavy atom. The number of esters is 1. The molecule has 2 atom stereocenters. The van der Waals surface area contributed by atoms with Gasteiger partial charge in [0.05, 0.1) is 7.11 Å². The average Bonchev–Trinajstić information content (AvgIpc) is 2.38. The number of amides is 2. The molecule has 0 spiro atoms. The van der Waals surface area contributed by atoms with E-state index in [1.54, 1.807) is 27.7 Å². The third-order valence-electron chi connectivity index (χ3n) is 3.23. The lowest BCUT2D eigenvalue weighted by molar-refractivity contribution is -0.148. The SMILES string of the molecule is COC(=O)C(NC(=O)[C@H](C)N(C)C(=O)OC(C)(C)C)C(C)(C)C. The normalized spacial score (nSPS) is 14.5. The van der Waals surface area contributed by atoms with Crippen LogP contribution in [-0.4, -0.2) is 54.7 Å². The van der Waals surface area contributed by atoms with E-state index >= 15 is 0 Å². The van der Waals surface area contributed by atoms with Gasteiger partial charge in [0.1, 0.15) is 17.7 Å². The first kappa shape index (κ1) is 21.2. The summed E-state index contributed by atoms with van der Waals surface area (Å²) in [4.78, 5) is 37.4. The number of methoxy groups -OCH3 is 1. The molecule has 0 radical (unpaired) electrons. The summed E-state index contributed by atoms with van der Waals surface area (Å²) in [5, 5.41) is 2.64. The van der Waals surface area contributed by atoms with E-state index in [2.05, 4.69) is 5.32 Å². The van der Waals surface area contributed by atoms with Crippen molar-refractivity contribution in [3.63, 3.8) is 0 Å². The fraction of sp³-hybridized carbons (Fsp3) is 0.812. The van der Waals surface area contributed by atoms with Gasteiger partial charge in [0.15, 0.2) is 0 Å². The highest BCUT2D eigenvalue weighted by atomic mass is 16.6. The molecule has 0 heterocycles. The Hall–Kier alpha value is -1.79. The number of ether oxygens (including phenoxy) is 2. The van der Waals surface area contributed by atoms with E-state index in [0.29, 0.717) is 0 Å². The Morgan fingerprint density at radius 1 is 1.04 bits per heavy atom. The third-order valence-corrected chi connectivity index (χ3v) is 3.23. The Labute approximate surface area is 138 Å². The van der Waals surface area contributed by atoms with Crippen LogP contribution >= 0.6 is 0 Å². The molecular weight excluding hydrogens is 300 g/mol. The summed E-state index contributed by atoms with van der Waals surface area (Å²) in [6.07, 6.45) is -0.606. The summed E-state index contributed by atoms with van der Waals surface area (Å²) >= 11 is 0. The molecule has 0 aromatic carbocycles. The van der Waals surface area contributed by atoms with E-state index < -0.39 is 41.1 Å². The summed E-state index contributed by atoms with van der Waals surface area (Å²) in [5.74, 6) is -0.985. The molecule has 2 amide bonds. The van der Waals surface area contributed by atoms with Crippen LogP contribution in [0.2, 0.25) is 0 Å². The lowest BCUT2D eigenvalue weighted by atomic mass is 9.86. The third kappa shape index (κ3) is 6.88. The van der Waals surface area contributed by atoms with Gasteiger partial charge in [-0.1, -0.05) is 20.8 Å². The van der Waals surface area contributed by atoms with Crippen LogP contribution in [0.4, 0.5) is 4.79 Å². The van der Waals surface area contributed by atoms with E-state index in [0.717, 1.165) is 0 Å². The summed E-state index contributed by atoms with van der Waals surface area (Å²) in [7, 11) is 2.74. The lowest BCUT2D eigenvalue weighted by Gasteiger charge is -2.32. The molecule has 0 saturated heterocycles. The molecule has 1 N–H and O–H groups in total. The Morgan fingerprint density at radius 3 is 1.87 bits per heavy atom. The molecule has 0 aliphatic heterocycles. The van der Waals surface area contributed by atoms with E-state index in [1.807, 2.05) is 20.8 Å². The minimum Gasteiger partial charge on any atom is -0.467 e. The quantitative estimate of drug-likeness (QED) is 0.796. The summed E-state index contributed by atoms with van der Waals surface area (Å²) in [6.45, 7) is 12.3. The monoisotopic (exact) mass is 330 g/mol. The van der Waals surface area contributed by atoms with Crippen LogP contribution in [0, 0.1) is 5.41 Å². The number of nitrogens with one attached hydrogen (secondary N) is 1. The van der Waals surface area contributed by atoms with Gasteiger partial charge in [-0.05, 0) is 33.1 Å². The number of hydrogen-bond acceptors (Lipinski definition) is 5. The lowest BCUT2D eigenvalue weighted by Crippen LogP contribution is -2.55. The molecular formula is C16H30N2O5. The Bertz CT molecular complexity index is 448. The van der Waals surface area contributed by atoms with Crippen molar-refractivity contribution in [3.8, 4) is 0 Å². The zero-order valence-electron chi connectivity index (χ0n) is 15.6. The fourth-order valence-electron chi connectivity index (χ4n) is 1.68. The smallest absolute Gasteiger partial charge is 0.410 e. The van der Waals surface area contributed by atoms with Crippen LogP contribution in [0.3, 0.4) is 0 Å². The van der Waals surface area contributed by atoms with Crippen LogP contribution in [0.25, 0.3) is 0 Å². The highest BCUT2D eigenvalue weighted by Gasteiger charge is 2.36. The molecule has 23 heavy (non-hydrogen) atoms. The Kier molecular flexibility index (Phi) is 7.06. The predicted molar refractivity (Wildman–Crippen MR) is 86.9 cm³/mol. The molecule has 0 fully saturated rings. The van der Waals surface area contributed by atoms with Crippen LogP contribution in [0.1, 0.15) is 48.5 Å². The van der Waals surface area contributed by atoms with Crippen molar-refractivity contribution in [1.29, 1.82) is 0 Å². The molecule has 0 bridgehead atoms. The predicted octanol–water partition coefficient (Wildman–Crippen LogP) is 1.95. The first-order chi connectivity index (χ1) is 10.2. The Balaban J connectivity index is 5.00. The number of carbonyl (C=O) groups excluding carboxylic acids is 3. The molecule has 7 nitrogen and oxygen atoms in total. The summed E-state index contributed by atoms with van der Waals surface area (Å²) < 4.78 is 9.96. The van der Waals surface area contributed by atoms with Crippen LogP contribution in [0.15, 0.2) is 0 Å². The second kappa shape index (κ2) is 7.66. The molecule has 0 aromatic heterocycles. The standard InChI is InChI=1S/C16H30N2O5/c1-10(18(8)14(21)23-16(5,6)7)12(19)17-11(13(20)22-9)15(2,3)4/h10-11H,1-9H3,(H,17,19)/t10-,11?/m0/s1. The van der Waals surface area contributed by atoms with Gasteiger partial charge in [-0.25, -0.2) is 9.59 Å². The highest BCUT2D eigenvalue weighted by Crippen LogP contribution is 2.20. The van der Waals surface area contributed by atoms with Crippen molar-refractivity contribution in [2.45, 2.75) is 66.2 Å². The first-order valence-electron chi connectivity index (χ1n) is 7.54. The maximum absolute atomic E-state index is 12.4. The molecule has 0 saturated carbocycles. The van der Waals surface area contributed by atoms with Crippen LogP contribution < -0.4 is 5.32 Å². The summed E-state index contributed by atoms with van der Waals surface area (Å²) in [5.41, 5.74) is -1.17. The minimum atomic E-state index is -0.811.